The largest absolute Gasteiger partial charge is 0.308 e. The van der Waals surface area contributed by atoms with E-state index in [-0.39, 0.29) is 16.4 Å². The van der Waals surface area contributed by atoms with Gasteiger partial charge in [0, 0.05) is 12.6 Å². The summed E-state index contributed by atoms with van der Waals surface area (Å²) in [5, 5.41) is 1.99. The molecule has 20 heavy (non-hydrogen) atoms. The summed E-state index contributed by atoms with van der Waals surface area (Å²) in [6.45, 7) is 3.92. The molecule has 0 spiro atoms. The molecule has 2 rings (SSSR count). The molecular weight excluding hydrogens is 298 g/mol. The summed E-state index contributed by atoms with van der Waals surface area (Å²) < 4.78 is 48.7. The topological polar surface area (TPSA) is 80.3 Å². The molecule has 1 heterocycles. The molecule has 0 bridgehead atoms. The van der Waals surface area contributed by atoms with Crippen molar-refractivity contribution in [2.45, 2.75) is 16.2 Å². The van der Waals surface area contributed by atoms with Crippen molar-refractivity contribution in [1.29, 1.82) is 0 Å². The predicted octanol–water partition coefficient (Wildman–Crippen LogP) is 0.402. The van der Waals surface area contributed by atoms with Gasteiger partial charge in [0.2, 0.25) is 0 Å². The predicted molar refractivity (Wildman–Crippen MR) is 78.1 cm³/mol. The average molecular weight is 315 g/mol. The van der Waals surface area contributed by atoms with Gasteiger partial charge in [-0.05, 0) is 12.1 Å². The zero-order valence-electron chi connectivity index (χ0n) is 10.9. The van der Waals surface area contributed by atoms with Crippen molar-refractivity contribution in [3.05, 3.63) is 43.0 Å². The van der Waals surface area contributed by atoms with E-state index < -0.39 is 31.0 Å². The standard InChI is InChI=1S/C13H17NO4S2/c1-2-8-14-12-9-19(15,16)10-13(12)20(17,18)11-6-4-3-5-7-11/h2-7,12-14H,1,8-10H2/t12-,13-/m1/s1. The lowest BCUT2D eigenvalue weighted by Crippen LogP contribution is -2.43. The monoisotopic (exact) mass is 315 g/mol. The van der Waals surface area contributed by atoms with Gasteiger partial charge in [0.25, 0.3) is 0 Å². The summed E-state index contributed by atoms with van der Waals surface area (Å²) >= 11 is 0. The Morgan fingerprint density at radius 2 is 1.90 bits per heavy atom. The summed E-state index contributed by atoms with van der Waals surface area (Å²) in [6, 6.07) is 7.36. The van der Waals surface area contributed by atoms with Crippen molar-refractivity contribution < 1.29 is 16.8 Å². The minimum atomic E-state index is -3.67. The molecule has 1 N–H and O–H groups in total. The van der Waals surface area contributed by atoms with Crippen LogP contribution in [0.5, 0.6) is 0 Å². The SMILES string of the molecule is C=CCN[C@@H]1CS(=O)(=O)C[C@H]1S(=O)(=O)c1ccccc1. The fourth-order valence-electron chi connectivity index (χ4n) is 2.33. The van der Waals surface area contributed by atoms with E-state index >= 15 is 0 Å². The zero-order chi connectivity index (χ0) is 14.8. The Labute approximate surface area is 119 Å². The summed E-state index contributed by atoms with van der Waals surface area (Å²) in [4.78, 5) is 0.160. The van der Waals surface area contributed by atoms with E-state index in [1.165, 1.54) is 12.1 Å². The Morgan fingerprint density at radius 3 is 2.50 bits per heavy atom. The maximum atomic E-state index is 12.6. The van der Waals surface area contributed by atoms with Gasteiger partial charge >= 0.3 is 0 Å². The summed E-state index contributed by atoms with van der Waals surface area (Å²) in [6.07, 6.45) is 1.58. The Hall–Kier alpha value is -1.18. The second kappa shape index (κ2) is 5.67. The molecule has 0 amide bonds. The Balaban J connectivity index is 2.36. The van der Waals surface area contributed by atoms with Crippen LogP contribution in [-0.4, -0.2) is 46.2 Å². The normalized spacial score (nSPS) is 25.4. The fourth-order valence-corrected chi connectivity index (χ4v) is 7.07. The first-order chi connectivity index (χ1) is 9.37. The van der Waals surface area contributed by atoms with Gasteiger partial charge in [0.1, 0.15) is 0 Å². The molecule has 7 heteroatoms. The third-order valence-electron chi connectivity index (χ3n) is 3.30. The van der Waals surface area contributed by atoms with Crippen LogP contribution in [0.1, 0.15) is 0 Å². The lowest BCUT2D eigenvalue weighted by atomic mass is 10.2. The van der Waals surface area contributed by atoms with Crippen LogP contribution in [0.15, 0.2) is 47.9 Å². The van der Waals surface area contributed by atoms with Crippen LogP contribution in [0.2, 0.25) is 0 Å². The molecule has 0 aliphatic carbocycles. The zero-order valence-corrected chi connectivity index (χ0v) is 12.5. The van der Waals surface area contributed by atoms with E-state index in [0.29, 0.717) is 6.54 Å². The maximum absolute atomic E-state index is 12.6. The Bertz CT molecular complexity index is 680. The van der Waals surface area contributed by atoms with E-state index in [9.17, 15) is 16.8 Å². The van der Waals surface area contributed by atoms with E-state index in [0.717, 1.165) is 0 Å². The number of rotatable bonds is 5. The van der Waals surface area contributed by atoms with Gasteiger partial charge in [0.15, 0.2) is 19.7 Å². The van der Waals surface area contributed by atoms with Gasteiger partial charge in [-0.2, -0.15) is 0 Å². The van der Waals surface area contributed by atoms with Crippen LogP contribution in [0, 0.1) is 0 Å². The highest BCUT2D eigenvalue weighted by Crippen LogP contribution is 2.25. The van der Waals surface area contributed by atoms with Gasteiger partial charge in [-0.3, -0.25) is 0 Å². The average Bonchev–Trinajstić information content (AvgIpc) is 2.73. The van der Waals surface area contributed by atoms with Crippen molar-refractivity contribution in [3.8, 4) is 0 Å². The van der Waals surface area contributed by atoms with Gasteiger partial charge < -0.3 is 5.32 Å². The molecule has 110 valence electrons. The molecule has 1 aliphatic rings. The van der Waals surface area contributed by atoms with Crippen LogP contribution >= 0.6 is 0 Å². The summed E-state index contributed by atoms with van der Waals surface area (Å²) in [5.74, 6) is -0.489. The first-order valence-electron chi connectivity index (χ1n) is 6.20. The highest BCUT2D eigenvalue weighted by molar-refractivity contribution is 7.96. The number of hydrogen-bond acceptors (Lipinski definition) is 5. The number of hydrogen-bond donors (Lipinski definition) is 1. The van der Waals surface area contributed by atoms with Crippen molar-refractivity contribution in [1.82, 2.24) is 5.32 Å². The number of sulfone groups is 2. The molecule has 1 saturated heterocycles. The third-order valence-corrected chi connectivity index (χ3v) is 7.46. The number of benzene rings is 1. The van der Waals surface area contributed by atoms with Crippen molar-refractivity contribution in [2.75, 3.05) is 18.1 Å². The van der Waals surface area contributed by atoms with Crippen molar-refractivity contribution in [2.24, 2.45) is 0 Å². The van der Waals surface area contributed by atoms with Crippen LogP contribution in [-0.2, 0) is 19.7 Å². The summed E-state index contributed by atoms with van der Waals surface area (Å²) in [5.41, 5.74) is 0. The van der Waals surface area contributed by atoms with Gasteiger partial charge in [0.05, 0.1) is 21.7 Å². The smallest absolute Gasteiger partial charge is 0.183 e. The van der Waals surface area contributed by atoms with Crippen molar-refractivity contribution >= 4 is 19.7 Å². The number of nitrogens with one attached hydrogen (secondary N) is 1. The van der Waals surface area contributed by atoms with Gasteiger partial charge in [-0.15, -0.1) is 6.58 Å². The molecule has 5 nitrogen and oxygen atoms in total. The molecule has 2 atom stereocenters. The third kappa shape index (κ3) is 3.11. The Kier molecular flexibility index (Phi) is 4.31. The fraction of sp³-hybridized carbons (Fsp3) is 0.385. The lowest BCUT2D eigenvalue weighted by molar-refractivity contribution is 0.544. The van der Waals surface area contributed by atoms with Gasteiger partial charge in [-0.25, -0.2) is 16.8 Å². The highest BCUT2D eigenvalue weighted by Gasteiger charge is 2.45. The molecule has 1 fully saturated rings. The van der Waals surface area contributed by atoms with E-state index in [2.05, 4.69) is 11.9 Å². The van der Waals surface area contributed by atoms with E-state index in [1.807, 2.05) is 0 Å². The maximum Gasteiger partial charge on any atom is 0.183 e. The molecule has 0 aromatic heterocycles. The van der Waals surface area contributed by atoms with E-state index in [1.54, 1.807) is 24.3 Å². The van der Waals surface area contributed by atoms with Crippen LogP contribution in [0.25, 0.3) is 0 Å². The molecule has 1 aliphatic heterocycles. The van der Waals surface area contributed by atoms with Crippen LogP contribution < -0.4 is 5.32 Å². The molecule has 0 radical (unpaired) electrons. The van der Waals surface area contributed by atoms with Gasteiger partial charge in [-0.1, -0.05) is 24.3 Å². The second-order valence-corrected chi connectivity index (χ2v) is 9.10. The first kappa shape index (κ1) is 15.2. The molecule has 0 unspecified atom stereocenters. The molecular formula is C13H17NO4S2. The Morgan fingerprint density at radius 1 is 1.25 bits per heavy atom. The van der Waals surface area contributed by atoms with Crippen LogP contribution in [0.3, 0.4) is 0 Å². The summed E-state index contributed by atoms with van der Waals surface area (Å²) in [7, 11) is -7.01. The highest BCUT2D eigenvalue weighted by atomic mass is 32.2. The lowest BCUT2D eigenvalue weighted by Gasteiger charge is -2.19. The molecule has 0 saturated carbocycles. The quantitative estimate of drug-likeness (QED) is 0.796. The molecule has 1 aromatic rings. The second-order valence-electron chi connectivity index (χ2n) is 4.78. The minimum absolute atomic E-state index is 0.155. The minimum Gasteiger partial charge on any atom is -0.308 e. The molecule has 1 aromatic carbocycles. The van der Waals surface area contributed by atoms with Crippen molar-refractivity contribution in [3.63, 3.8) is 0 Å². The van der Waals surface area contributed by atoms with Crippen LogP contribution in [0.4, 0.5) is 0 Å². The van der Waals surface area contributed by atoms with E-state index in [4.69, 9.17) is 0 Å². The first-order valence-corrected chi connectivity index (χ1v) is 9.57.